The van der Waals surface area contributed by atoms with Crippen LogP contribution in [0.3, 0.4) is 0 Å². The Hall–Kier alpha value is -0.0400. The van der Waals surface area contributed by atoms with Crippen LogP contribution in [0.2, 0.25) is 0 Å². The highest BCUT2D eigenvalue weighted by Crippen LogP contribution is 2.08. The van der Waals surface area contributed by atoms with Crippen LogP contribution in [-0.4, -0.2) is 6.54 Å². The SMILES string of the molecule is CC.CC(C)C[C@@H](C)CN. The molecule has 0 fully saturated rings. The Morgan fingerprint density at radius 2 is 1.50 bits per heavy atom. The van der Waals surface area contributed by atoms with Gasteiger partial charge in [0, 0.05) is 0 Å². The van der Waals surface area contributed by atoms with Gasteiger partial charge in [0.1, 0.15) is 0 Å². The van der Waals surface area contributed by atoms with Crippen molar-refractivity contribution in [1.82, 2.24) is 0 Å². The summed E-state index contributed by atoms with van der Waals surface area (Å²) in [6.45, 7) is 11.5. The molecule has 0 aliphatic rings. The third-order valence-corrected chi connectivity index (χ3v) is 1.28. The number of hydrogen-bond donors (Lipinski definition) is 1. The van der Waals surface area contributed by atoms with Gasteiger partial charge in [0.05, 0.1) is 0 Å². The van der Waals surface area contributed by atoms with Gasteiger partial charge >= 0.3 is 0 Å². The molecule has 0 aromatic rings. The number of rotatable bonds is 3. The molecular formula is C9H23N. The van der Waals surface area contributed by atoms with Crippen molar-refractivity contribution in [3.63, 3.8) is 0 Å². The molecule has 0 heterocycles. The molecule has 1 nitrogen and oxygen atoms in total. The molecule has 2 N–H and O–H groups in total. The van der Waals surface area contributed by atoms with Crippen LogP contribution in [0, 0.1) is 11.8 Å². The Morgan fingerprint density at radius 1 is 1.10 bits per heavy atom. The van der Waals surface area contributed by atoms with Crippen molar-refractivity contribution in [2.24, 2.45) is 17.6 Å². The Kier molecular flexibility index (Phi) is 11.3. The van der Waals surface area contributed by atoms with Crippen LogP contribution in [0.1, 0.15) is 41.0 Å². The molecule has 0 rings (SSSR count). The summed E-state index contributed by atoms with van der Waals surface area (Å²) in [5.74, 6) is 1.50. The van der Waals surface area contributed by atoms with Crippen LogP contribution in [0.15, 0.2) is 0 Å². The minimum atomic E-state index is 0.704. The Labute approximate surface area is 66.0 Å². The summed E-state index contributed by atoms with van der Waals surface area (Å²) in [6, 6.07) is 0. The maximum absolute atomic E-state index is 5.42. The van der Waals surface area contributed by atoms with Crippen molar-refractivity contribution < 1.29 is 0 Å². The quantitative estimate of drug-likeness (QED) is 0.649. The molecule has 0 saturated carbocycles. The van der Waals surface area contributed by atoms with E-state index >= 15 is 0 Å². The molecule has 0 unspecified atom stereocenters. The lowest BCUT2D eigenvalue weighted by atomic mass is 9.99. The second-order valence-corrected chi connectivity index (χ2v) is 2.97. The van der Waals surface area contributed by atoms with E-state index in [0.29, 0.717) is 5.92 Å². The van der Waals surface area contributed by atoms with Gasteiger partial charge in [-0.05, 0) is 24.8 Å². The highest BCUT2D eigenvalue weighted by Gasteiger charge is 2.00. The van der Waals surface area contributed by atoms with E-state index in [2.05, 4.69) is 20.8 Å². The molecular weight excluding hydrogens is 122 g/mol. The largest absolute Gasteiger partial charge is 0.330 e. The Morgan fingerprint density at radius 3 is 1.60 bits per heavy atom. The van der Waals surface area contributed by atoms with Crippen molar-refractivity contribution >= 4 is 0 Å². The van der Waals surface area contributed by atoms with Gasteiger partial charge in [0.25, 0.3) is 0 Å². The van der Waals surface area contributed by atoms with Gasteiger partial charge in [-0.2, -0.15) is 0 Å². The lowest BCUT2D eigenvalue weighted by molar-refractivity contribution is 0.447. The average molecular weight is 145 g/mol. The second kappa shape index (κ2) is 8.96. The van der Waals surface area contributed by atoms with Gasteiger partial charge in [0.2, 0.25) is 0 Å². The standard InChI is InChI=1S/C7H17N.C2H6/c1-6(2)4-7(3)5-8;1-2/h6-7H,4-5,8H2,1-3H3;1-2H3/t7-;/m1./s1. The first-order valence-electron chi connectivity index (χ1n) is 4.37. The second-order valence-electron chi connectivity index (χ2n) is 2.97. The van der Waals surface area contributed by atoms with Crippen LogP contribution in [0.25, 0.3) is 0 Å². The summed E-state index contributed by atoms with van der Waals surface area (Å²) in [5.41, 5.74) is 5.42. The lowest BCUT2D eigenvalue weighted by Crippen LogP contribution is -2.12. The molecule has 64 valence electrons. The summed E-state index contributed by atoms with van der Waals surface area (Å²) in [4.78, 5) is 0. The molecule has 1 atom stereocenters. The third-order valence-electron chi connectivity index (χ3n) is 1.28. The van der Waals surface area contributed by atoms with Gasteiger partial charge in [-0.1, -0.05) is 34.6 Å². The fourth-order valence-corrected chi connectivity index (χ4v) is 0.901. The maximum Gasteiger partial charge on any atom is -0.00514 e. The van der Waals surface area contributed by atoms with E-state index in [0.717, 1.165) is 12.5 Å². The monoisotopic (exact) mass is 145 g/mol. The molecule has 0 aromatic carbocycles. The van der Waals surface area contributed by atoms with Gasteiger partial charge in [-0.3, -0.25) is 0 Å². The zero-order valence-electron chi connectivity index (χ0n) is 8.15. The summed E-state index contributed by atoms with van der Waals surface area (Å²) in [5, 5.41) is 0. The van der Waals surface area contributed by atoms with Crippen molar-refractivity contribution in [3.8, 4) is 0 Å². The summed E-state index contributed by atoms with van der Waals surface area (Å²) in [6.07, 6.45) is 1.26. The summed E-state index contributed by atoms with van der Waals surface area (Å²) in [7, 11) is 0. The first-order chi connectivity index (χ1) is 4.66. The van der Waals surface area contributed by atoms with Gasteiger partial charge in [-0.25, -0.2) is 0 Å². The maximum atomic E-state index is 5.42. The van der Waals surface area contributed by atoms with Gasteiger partial charge < -0.3 is 5.73 Å². The summed E-state index contributed by atoms with van der Waals surface area (Å²) >= 11 is 0. The van der Waals surface area contributed by atoms with Crippen molar-refractivity contribution in [1.29, 1.82) is 0 Å². The summed E-state index contributed by atoms with van der Waals surface area (Å²) < 4.78 is 0. The highest BCUT2D eigenvalue weighted by molar-refractivity contribution is 4.54. The Bertz CT molecular complexity index is 50.7. The molecule has 1 heteroatoms. The first kappa shape index (κ1) is 12.6. The van der Waals surface area contributed by atoms with E-state index in [9.17, 15) is 0 Å². The molecule has 0 aliphatic carbocycles. The predicted octanol–water partition coefficient (Wildman–Crippen LogP) is 2.65. The molecule has 0 aliphatic heterocycles. The van der Waals surface area contributed by atoms with E-state index < -0.39 is 0 Å². The highest BCUT2D eigenvalue weighted by atomic mass is 14.5. The molecule has 0 bridgehead atoms. The Balaban J connectivity index is 0. The van der Waals surface area contributed by atoms with E-state index in [-0.39, 0.29) is 0 Å². The first-order valence-corrected chi connectivity index (χ1v) is 4.37. The average Bonchev–Trinajstić information content (AvgIpc) is 1.91. The topological polar surface area (TPSA) is 26.0 Å². The van der Waals surface area contributed by atoms with Crippen molar-refractivity contribution in [2.75, 3.05) is 6.54 Å². The predicted molar refractivity (Wildman–Crippen MR) is 49.0 cm³/mol. The van der Waals surface area contributed by atoms with Crippen molar-refractivity contribution in [2.45, 2.75) is 41.0 Å². The fourth-order valence-electron chi connectivity index (χ4n) is 0.901. The fraction of sp³-hybridized carbons (Fsp3) is 1.00. The minimum absolute atomic E-state index is 0.704. The smallest absolute Gasteiger partial charge is 0.00514 e. The minimum Gasteiger partial charge on any atom is -0.330 e. The van der Waals surface area contributed by atoms with Crippen molar-refractivity contribution in [3.05, 3.63) is 0 Å². The van der Waals surface area contributed by atoms with Crippen LogP contribution in [-0.2, 0) is 0 Å². The van der Waals surface area contributed by atoms with E-state index in [1.807, 2.05) is 13.8 Å². The van der Waals surface area contributed by atoms with Crippen LogP contribution in [0.5, 0.6) is 0 Å². The zero-order chi connectivity index (χ0) is 8.57. The van der Waals surface area contributed by atoms with Gasteiger partial charge in [0.15, 0.2) is 0 Å². The normalized spacial score (nSPS) is 12.3. The van der Waals surface area contributed by atoms with E-state index in [4.69, 9.17) is 5.73 Å². The molecule has 0 saturated heterocycles. The van der Waals surface area contributed by atoms with Crippen LogP contribution >= 0.6 is 0 Å². The van der Waals surface area contributed by atoms with Gasteiger partial charge in [-0.15, -0.1) is 0 Å². The molecule has 10 heavy (non-hydrogen) atoms. The number of hydrogen-bond acceptors (Lipinski definition) is 1. The van der Waals surface area contributed by atoms with Crippen LogP contribution < -0.4 is 5.73 Å². The molecule has 0 aromatic heterocycles. The molecule has 0 amide bonds. The molecule has 0 spiro atoms. The third kappa shape index (κ3) is 10.9. The number of nitrogens with two attached hydrogens (primary N) is 1. The lowest BCUT2D eigenvalue weighted by Gasteiger charge is -2.09. The molecule has 0 radical (unpaired) electrons. The van der Waals surface area contributed by atoms with E-state index in [1.165, 1.54) is 6.42 Å². The van der Waals surface area contributed by atoms with E-state index in [1.54, 1.807) is 0 Å². The zero-order valence-corrected chi connectivity index (χ0v) is 8.15. The van der Waals surface area contributed by atoms with Crippen LogP contribution in [0.4, 0.5) is 0 Å².